The molecule has 1 saturated heterocycles. The molecule has 7 heteroatoms. The van der Waals surface area contributed by atoms with E-state index in [0.717, 1.165) is 4.90 Å². The summed E-state index contributed by atoms with van der Waals surface area (Å²) in [5.41, 5.74) is 0.634. The van der Waals surface area contributed by atoms with Crippen LogP contribution in [0.5, 0.6) is 0 Å². The lowest BCUT2D eigenvalue weighted by Crippen LogP contribution is -2.52. The number of Topliss-reactive ketones (excluding diaryl/α,β-unsaturated/α-hetero) is 1. The lowest BCUT2D eigenvalue weighted by Gasteiger charge is -2.31. The second kappa shape index (κ2) is 5.12. The molecule has 0 bridgehead atoms. The number of benzene rings is 1. The number of nitrogens with zero attached hydrogens (tertiary/aromatic N) is 2. The van der Waals surface area contributed by atoms with Gasteiger partial charge >= 0.3 is 5.97 Å². The minimum Gasteiger partial charge on any atom is -0.475 e. The van der Waals surface area contributed by atoms with E-state index >= 15 is 0 Å². The van der Waals surface area contributed by atoms with Crippen molar-refractivity contribution in [2.75, 3.05) is 25.0 Å². The summed E-state index contributed by atoms with van der Waals surface area (Å²) >= 11 is 0. The van der Waals surface area contributed by atoms with E-state index < -0.39 is 11.8 Å². The zero-order valence-electron chi connectivity index (χ0n) is 10.7. The first-order valence-corrected chi connectivity index (χ1v) is 5.82. The zero-order chi connectivity index (χ0) is 14.9. The molecule has 0 saturated carbocycles. The fourth-order valence-corrected chi connectivity index (χ4v) is 1.86. The number of carboxylic acid groups (broad SMARTS) is 1. The summed E-state index contributed by atoms with van der Waals surface area (Å²) in [4.78, 5) is 47.6. The Balaban J connectivity index is 2.18. The molecule has 0 aliphatic carbocycles. The van der Waals surface area contributed by atoms with Gasteiger partial charge in [0.2, 0.25) is 11.8 Å². The number of carboxylic acids is 1. The molecule has 0 atom stereocenters. The molecular weight excluding hydrogens is 264 g/mol. The van der Waals surface area contributed by atoms with Gasteiger partial charge in [-0.05, 0) is 24.3 Å². The highest BCUT2D eigenvalue weighted by atomic mass is 16.4. The second-order valence-electron chi connectivity index (χ2n) is 4.38. The number of imide groups is 1. The van der Waals surface area contributed by atoms with Crippen molar-refractivity contribution in [2.45, 2.75) is 0 Å². The Morgan fingerprint density at radius 1 is 1.05 bits per heavy atom. The van der Waals surface area contributed by atoms with Gasteiger partial charge in [0.15, 0.2) is 0 Å². The van der Waals surface area contributed by atoms with Crippen LogP contribution in [0.2, 0.25) is 0 Å². The van der Waals surface area contributed by atoms with E-state index in [0.29, 0.717) is 5.69 Å². The highest BCUT2D eigenvalue weighted by molar-refractivity contribution is 6.39. The monoisotopic (exact) mass is 276 g/mol. The average Bonchev–Trinajstić information content (AvgIpc) is 2.43. The van der Waals surface area contributed by atoms with Crippen LogP contribution < -0.4 is 4.90 Å². The molecule has 7 nitrogen and oxygen atoms in total. The van der Waals surface area contributed by atoms with E-state index in [1.54, 1.807) is 4.90 Å². The van der Waals surface area contributed by atoms with Gasteiger partial charge in [0.05, 0.1) is 13.1 Å². The number of hydrogen-bond acceptors (Lipinski definition) is 5. The maximum atomic E-state index is 11.6. The fraction of sp³-hybridized carbons (Fsp3) is 0.231. The third-order valence-electron chi connectivity index (χ3n) is 3.09. The van der Waals surface area contributed by atoms with E-state index in [-0.39, 0.29) is 30.5 Å². The summed E-state index contributed by atoms with van der Waals surface area (Å²) in [5.74, 6) is -3.15. The van der Waals surface area contributed by atoms with Crippen molar-refractivity contribution in [3.05, 3.63) is 29.8 Å². The van der Waals surface area contributed by atoms with Crippen molar-refractivity contribution in [3.63, 3.8) is 0 Å². The van der Waals surface area contributed by atoms with Crippen LogP contribution in [0, 0.1) is 0 Å². The van der Waals surface area contributed by atoms with Crippen molar-refractivity contribution in [1.29, 1.82) is 0 Å². The molecule has 20 heavy (non-hydrogen) atoms. The predicted octanol–water partition coefficient (Wildman–Crippen LogP) is -0.241. The van der Waals surface area contributed by atoms with Gasteiger partial charge in [-0.15, -0.1) is 0 Å². The highest BCUT2D eigenvalue weighted by Crippen LogP contribution is 2.18. The van der Waals surface area contributed by atoms with E-state index in [2.05, 4.69) is 0 Å². The quantitative estimate of drug-likeness (QED) is 0.465. The van der Waals surface area contributed by atoms with E-state index in [9.17, 15) is 19.2 Å². The smallest absolute Gasteiger partial charge is 0.377 e. The van der Waals surface area contributed by atoms with Gasteiger partial charge in [0.25, 0.3) is 5.78 Å². The minimum absolute atomic E-state index is 0.0491. The second-order valence-corrected chi connectivity index (χ2v) is 4.38. The van der Waals surface area contributed by atoms with Crippen LogP contribution >= 0.6 is 0 Å². The molecule has 1 heterocycles. The maximum Gasteiger partial charge on any atom is 0.377 e. The first kappa shape index (κ1) is 13.7. The highest BCUT2D eigenvalue weighted by Gasteiger charge is 2.28. The summed E-state index contributed by atoms with van der Waals surface area (Å²) in [5, 5.41) is 8.60. The summed E-state index contributed by atoms with van der Waals surface area (Å²) < 4.78 is 0. The average molecular weight is 276 g/mol. The normalized spacial score (nSPS) is 15.4. The lowest BCUT2D eigenvalue weighted by atomic mass is 10.1. The number of carbonyl (C=O) groups is 4. The third-order valence-corrected chi connectivity index (χ3v) is 3.09. The van der Waals surface area contributed by atoms with Gasteiger partial charge in [-0.2, -0.15) is 0 Å². The molecule has 0 aromatic heterocycles. The summed E-state index contributed by atoms with van der Waals surface area (Å²) in [7, 11) is 1.43. The molecule has 0 spiro atoms. The molecule has 2 rings (SSSR count). The number of hydrogen-bond donors (Lipinski definition) is 1. The van der Waals surface area contributed by atoms with Gasteiger partial charge in [-0.1, -0.05) is 0 Å². The van der Waals surface area contributed by atoms with E-state index in [4.69, 9.17) is 5.11 Å². The summed E-state index contributed by atoms with van der Waals surface area (Å²) in [6.07, 6.45) is 0. The Morgan fingerprint density at radius 3 is 2.00 bits per heavy atom. The summed E-state index contributed by atoms with van der Waals surface area (Å²) in [6.45, 7) is 0.128. The van der Waals surface area contributed by atoms with E-state index in [1.165, 1.54) is 31.3 Å². The Bertz CT molecular complexity index is 575. The van der Waals surface area contributed by atoms with Crippen LogP contribution in [0.1, 0.15) is 10.4 Å². The van der Waals surface area contributed by atoms with Gasteiger partial charge in [0.1, 0.15) is 0 Å². The molecule has 1 aromatic rings. The third kappa shape index (κ3) is 2.51. The van der Waals surface area contributed by atoms with Gasteiger partial charge < -0.3 is 10.0 Å². The number of anilines is 1. The summed E-state index contributed by atoms with van der Waals surface area (Å²) in [6, 6.07) is 5.75. The predicted molar refractivity (Wildman–Crippen MR) is 68.4 cm³/mol. The van der Waals surface area contributed by atoms with Crippen molar-refractivity contribution >= 4 is 29.3 Å². The van der Waals surface area contributed by atoms with Crippen LogP contribution in [-0.2, 0) is 14.4 Å². The van der Waals surface area contributed by atoms with Gasteiger partial charge in [-0.3, -0.25) is 19.3 Å². The van der Waals surface area contributed by atoms with Crippen LogP contribution in [0.15, 0.2) is 24.3 Å². The van der Waals surface area contributed by atoms with Crippen LogP contribution in [0.3, 0.4) is 0 Å². The maximum absolute atomic E-state index is 11.6. The van der Waals surface area contributed by atoms with Crippen molar-refractivity contribution < 1.29 is 24.3 Å². The van der Waals surface area contributed by atoms with Gasteiger partial charge in [-0.25, -0.2) is 4.79 Å². The largest absolute Gasteiger partial charge is 0.475 e. The molecule has 1 fully saturated rings. The van der Waals surface area contributed by atoms with Crippen LogP contribution in [0.4, 0.5) is 5.69 Å². The number of carbonyl (C=O) groups excluding carboxylic acids is 3. The van der Waals surface area contributed by atoms with Gasteiger partial charge in [0, 0.05) is 18.3 Å². The first-order chi connectivity index (χ1) is 9.40. The number of likely N-dealkylation sites (N-methyl/N-ethyl adjacent to an activating group) is 1. The van der Waals surface area contributed by atoms with Crippen LogP contribution in [0.25, 0.3) is 0 Å². The number of rotatable bonds is 3. The molecular formula is C13H12N2O5. The molecule has 0 unspecified atom stereocenters. The lowest BCUT2D eigenvalue weighted by molar-refractivity contribution is -0.143. The van der Waals surface area contributed by atoms with E-state index in [1.807, 2.05) is 0 Å². The topological polar surface area (TPSA) is 95.0 Å². The molecule has 1 aliphatic rings. The number of ketones is 1. The Hall–Kier alpha value is -2.70. The Kier molecular flexibility index (Phi) is 3.51. The number of amides is 2. The molecule has 104 valence electrons. The van der Waals surface area contributed by atoms with Crippen molar-refractivity contribution in [2.24, 2.45) is 0 Å². The molecule has 1 aromatic carbocycles. The van der Waals surface area contributed by atoms with Crippen molar-refractivity contribution in [3.8, 4) is 0 Å². The van der Waals surface area contributed by atoms with Crippen molar-refractivity contribution in [1.82, 2.24) is 4.90 Å². The molecule has 1 aliphatic heterocycles. The molecule has 0 radical (unpaired) electrons. The Morgan fingerprint density at radius 2 is 1.55 bits per heavy atom. The van der Waals surface area contributed by atoms with Crippen LogP contribution in [-0.4, -0.2) is 53.7 Å². The minimum atomic E-state index is -1.53. The Labute approximate surface area is 114 Å². The zero-order valence-corrected chi connectivity index (χ0v) is 10.7. The standard InChI is InChI=1S/C13H12N2O5/c1-14-10(16)6-15(7-11(14)17)9-4-2-8(3-5-9)12(18)13(19)20/h2-5H,6-7H2,1H3,(H,19,20). The fourth-order valence-electron chi connectivity index (χ4n) is 1.86. The number of aliphatic carboxylic acids is 1. The first-order valence-electron chi connectivity index (χ1n) is 5.82. The SMILES string of the molecule is CN1C(=O)CN(c2ccc(C(=O)C(=O)O)cc2)CC1=O. The molecule has 2 amide bonds. The molecule has 1 N–H and O–H groups in total. The number of piperazine rings is 1.